The molecule has 0 aromatic carbocycles. The number of carboxylic acids is 1. The summed E-state index contributed by atoms with van der Waals surface area (Å²) < 4.78 is 39.4. The maximum absolute atomic E-state index is 12.8. The minimum atomic E-state index is -3.03. The Kier molecular flexibility index (Phi) is 14.1. The summed E-state index contributed by atoms with van der Waals surface area (Å²) in [6, 6.07) is -1.55. The molecule has 22 heteroatoms. The van der Waals surface area contributed by atoms with Crippen LogP contribution in [0, 0.1) is 0 Å². The molecule has 0 spiro atoms. The van der Waals surface area contributed by atoms with Crippen LogP contribution in [0.5, 0.6) is 0 Å². The van der Waals surface area contributed by atoms with Crippen LogP contribution in [0.3, 0.4) is 0 Å². The number of aliphatic carboxylic acids is 1. The Morgan fingerprint density at radius 3 is 2.12 bits per heavy atom. The lowest BCUT2D eigenvalue weighted by molar-refractivity contribution is -0.379. The van der Waals surface area contributed by atoms with Gasteiger partial charge in [0.05, 0.1) is 44.3 Å². The van der Waals surface area contributed by atoms with Crippen LogP contribution in [0.1, 0.15) is 20.3 Å². The summed E-state index contributed by atoms with van der Waals surface area (Å²) in [6.45, 7) is -0.296. The number of nitrogens with one attached hydrogen (secondary N) is 1. The monoisotopic (exact) mass is 745 g/mol. The molecule has 19 atom stereocenters. The standard InChI is InChI=1S/C29H47NO21/c1-9-17(37)20(40)21(41)26(46-9)47-13-3-4-45-15(8-33)23(13)49-27-22(42)25(19(39)14(7-32)48-27)51-29(28(43)44)5-11(35)16(30-10(2)34)24(50-29)18(38)12(36)6-31/h3-4,9,11-27,31-33,35-42H,5-8H2,1-2H3,(H,30,34)(H,43,44)/t9-,11-,12+,13+,14+,15+,16+,17+,18+,19-,20+,21-,22+,23-,24+,25-,26-,27-,29-/m0/s1. The first kappa shape index (κ1) is 41.6. The highest BCUT2D eigenvalue weighted by molar-refractivity contribution is 5.76. The number of aliphatic hydroxyl groups is 11. The molecule has 13 N–H and O–H groups in total. The highest BCUT2D eigenvalue weighted by Crippen LogP contribution is 2.38. The number of rotatable bonds is 13. The highest BCUT2D eigenvalue weighted by atomic mass is 16.8. The van der Waals surface area contributed by atoms with Crippen molar-refractivity contribution in [3.63, 3.8) is 0 Å². The van der Waals surface area contributed by atoms with Crippen LogP contribution < -0.4 is 5.32 Å². The van der Waals surface area contributed by atoms with Crippen LogP contribution in [0.15, 0.2) is 12.3 Å². The lowest BCUT2D eigenvalue weighted by Crippen LogP contribution is -2.70. The van der Waals surface area contributed by atoms with E-state index < -0.39 is 154 Å². The van der Waals surface area contributed by atoms with Crippen LogP contribution in [0.4, 0.5) is 0 Å². The maximum atomic E-state index is 12.8. The van der Waals surface area contributed by atoms with Gasteiger partial charge in [-0.25, -0.2) is 4.79 Å². The van der Waals surface area contributed by atoms with Gasteiger partial charge in [0.15, 0.2) is 12.6 Å². The Balaban J connectivity index is 1.62. The van der Waals surface area contributed by atoms with Gasteiger partial charge in [0.2, 0.25) is 5.91 Å². The summed E-state index contributed by atoms with van der Waals surface area (Å²) in [5, 5.41) is 127. The van der Waals surface area contributed by atoms with E-state index in [9.17, 15) is 70.9 Å². The molecule has 0 unspecified atom stereocenters. The van der Waals surface area contributed by atoms with Gasteiger partial charge in [0, 0.05) is 13.3 Å². The van der Waals surface area contributed by atoms with Gasteiger partial charge < -0.3 is 99.8 Å². The molecule has 4 heterocycles. The number of carboxylic acid groups (broad SMARTS) is 1. The van der Waals surface area contributed by atoms with Crippen molar-refractivity contribution in [2.75, 3.05) is 19.8 Å². The van der Waals surface area contributed by atoms with E-state index in [1.165, 1.54) is 13.0 Å². The maximum Gasteiger partial charge on any atom is 0.364 e. The van der Waals surface area contributed by atoms with Crippen LogP contribution in [0.25, 0.3) is 0 Å². The SMILES string of the molecule is CC(=O)N[C@H]1[C@H]([C@H](O)[C@H](O)CO)O[C@@](O[C@H]2[C@@H](O)[C@@H](CO)O[C@@H](O[C@H]3[C@H](O[C@@H]4O[C@@H](C)[C@@H](O)[C@@H](O)[C@@H]4O)C=CO[C@@H]3CO)[C@@H]2O)(C(=O)O)C[C@@H]1O. The predicted octanol–water partition coefficient (Wildman–Crippen LogP) is -7.54. The molecular formula is C29H47NO21. The van der Waals surface area contributed by atoms with Crippen molar-refractivity contribution in [2.45, 2.75) is 136 Å². The molecule has 0 aromatic rings. The highest BCUT2D eigenvalue weighted by Gasteiger charge is 2.60. The Morgan fingerprint density at radius 2 is 1.53 bits per heavy atom. The summed E-state index contributed by atoms with van der Waals surface area (Å²) in [6.07, 6.45) is -27.9. The van der Waals surface area contributed by atoms with Gasteiger partial charge in [-0.15, -0.1) is 0 Å². The van der Waals surface area contributed by atoms with Crippen molar-refractivity contribution in [1.29, 1.82) is 0 Å². The smallest absolute Gasteiger partial charge is 0.364 e. The third-order valence-corrected chi connectivity index (χ3v) is 9.12. The van der Waals surface area contributed by atoms with Gasteiger partial charge in [-0.1, -0.05) is 0 Å². The summed E-state index contributed by atoms with van der Waals surface area (Å²) in [5.41, 5.74) is 0. The molecule has 0 aliphatic carbocycles. The quantitative estimate of drug-likeness (QED) is 0.0832. The first-order chi connectivity index (χ1) is 24.0. The Bertz CT molecular complexity index is 1200. The number of hydrogen-bond donors (Lipinski definition) is 13. The van der Waals surface area contributed by atoms with E-state index in [0.717, 1.165) is 13.2 Å². The second-order valence-electron chi connectivity index (χ2n) is 12.7. The van der Waals surface area contributed by atoms with Gasteiger partial charge in [-0.2, -0.15) is 0 Å². The first-order valence-corrected chi connectivity index (χ1v) is 16.1. The molecule has 22 nitrogen and oxygen atoms in total. The molecule has 294 valence electrons. The topological polar surface area (TPSA) is 354 Å². The fourth-order valence-corrected chi connectivity index (χ4v) is 6.27. The van der Waals surface area contributed by atoms with Gasteiger partial charge in [0.25, 0.3) is 5.79 Å². The van der Waals surface area contributed by atoms with Gasteiger partial charge >= 0.3 is 5.97 Å². The van der Waals surface area contributed by atoms with E-state index in [1.54, 1.807) is 0 Å². The minimum Gasteiger partial charge on any atom is -0.493 e. The molecule has 0 saturated carbocycles. The lowest BCUT2D eigenvalue weighted by Gasteiger charge is -2.50. The van der Waals surface area contributed by atoms with Crippen LogP contribution in [0.2, 0.25) is 0 Å². The molecule has 0 radical (unpaired) electrons. The molecule has 3 saturated heterocycles. The normalized spacial score (nSPS) is 45.7. The Morgan fingerprint density at radius 1 is 0.882 bits per heavy atom. The zero-order valence-electron chi connectivity index (χ0n) is 27.4. The molecule has 0 aromatic heterocycles. The molecular weight excluding hydrogens is 698 g/mol. The van der Waals surface area contributed by atoms with E-state index in [2.05, 4.69) is 5.32 Å². The van der Waals surface area contributed by atoms with Crippen molar-refractivity contribution < 1.29 is 104 Å². The number of hydrogen-bond acceptors (Lipinski definition) is 20. The average molecular weight is 746 g/mol. The van der Waals surface area contributed by atoms with E-state index >= 15 is 0 Å². The van der Waals surface area contributed by atoms with Crippen LogP contribution in [-0.4, -0.2) is 209 Å². The van der Waals surface area contributed by atoms with Crippen LogP contribution in [-0.2, 0) is 42.7 Å². The molecule has 51 heavy (non-hydrogen) atoms. The van der Waals surface area contributed by atoms with Crippen LogP contribution >= 0.6 is 0 Å². The van der Waals surface area contributed by atoms with E-state index in [1.807, 2.05) is 0 Å². The molecule has 3 fully saturated rings. The Hall–Kier alpha value is -2.20. The summed E-state index contributed by atoms with van der Waals surface area (Å²) >= 11 is 0. The zero-order chi connectivity index (χ0) is 37.9. The van der Waals surface area contributed by atoms with E-state index in [-0.39, 0.29) is 0 Å². The van der Waals surface area contributed by atoms with Crippen molar-refractivity contribution in [3.05, 3.63) is 12.3 Å². The van der Waals surface area contributed by atoms with Crippen molar-refractivity contribution >= 4 is 11.9 Å². The second kappa shape index (κ2) is 17.3. The summed E-state index contributed by atoms with van der Waals surface area (Å²) in [4.78, 5) is 24.6. The van der Waals surface area contributed by atoms with Gasteiger partial charge in [-0.3, -0.25) is 4.79 Å². The van der Waals surface area contributed by atoms with E-state index in [0.29, 0.717) is 0 Å². The summed E-state index contributed by atoms with van der Waals surface area (Å²) in [5.74, 6) is -5.74. The number of amides is 1. The molecule has 4 aliphatic heterocycles. The Labute approximate surface area is 289 Å². The van der Waals surface area contributed by atoms with Crippen molar-refractivity contribution in [3.8, 4) is 0 Å². The molecule has 0 bridgehead atoms. The molecule has 1 amide bonds. The van der Waals surface area contributed by atoms with Gasteiger partial charge in [-0.05, 0) is 13.0 Å². The third-order valence-electron chi connectivity index (χ3n) is 9.12. The van der Waals surface area contributed by atoms with Gasteiger partial charge in [0.1, 0.15) is 79.4 Å². The second-order valence-corrected chi connectivity index (χ2v) is 12.7. The fourth-order valence-electron chi connectivity index (χ4n) is 6.27. The molecule has 4 rings (SSSR count). The zero-order valence-corrected chi connectivity index (χ0v) is 27.4. The molecule has 4 aliphatic rings. The number of carbonyl (C=O) groups excluding carboxylic acids is 1. The fraction of sp³-hybridized carbons (Fsp3) is 0.862. The minimum absolute atomic E-state index is 0.734. The third kappa shape index (κ3) is 8.79. The predicted molar refractivity (Wildman–Crippen MR) is 158 cm³/mol. The number of aliphatic hydroxyl groups excluding tert-OH is 11. The average Bonchev–Trinajstić information content (AvgIpc) is 3.09. The summed E-state index contributed by atoms with van der Waals surface area (Å²) in [7, 11) is 0. The van der Waals surface area contributed by atoms with E-state index in [4.69, 9.17) is 33.2 Å². The van der Waals surface area contributed by atoms with Crippen molar-refractivity contribution in [2.24, 2.45) is 0 Å². The van der Waals surface area contributed by atoms with Crippen molar-refractivity contribution in [1.82, 2.24) is 5.32 Å². The number of carbonyl (C=O) groups is 2. The number of ether oxygens (including phenoxy) is 7. The largest absolute Gasteiger partial charge is 0.493 e. The first-order valence-electron chi connectivity index (χ1n) is 16.1. The lowest BCUT2D eigenvalue weighted by atomic mass is 9.88.